The van der Waals surface area contributed by atoms with Crippen molar-refractivity contribution in [2.45, 2.75) is 13.1 Å². The number of hydrogen-bond acceptors (Lipinski definition) is 5. The number of aromatic nitrogens is 5. The van der Waals surface area contributed by atoms with Gasteiger partial charge in [-0.05, 0) is 18.6 Å². The summed E-state index contributed by atoms with van der Waals surface area (Å²) in [4.78, 5) is 11.5. The largest absolute Gasteiger partial charge is 0.421 e. The van der Waals surface area contributed by atoms with Gasteiger partial charge in [0, 0.05) is 12.4 Å². The first kappa shape index (κ1) is 13.3. The molecule has 0 aliphatic rings. The highest BCUT2D eigenvalue weighted by Gasteiger charge is 2.34. The Balaban J connectivity index is 2.15. The molecule has 2 N–H and O–H groups in total. The van der Waals surface area contributed by atoms with Gasteiger partial charge in [-0.3, -0.25) is 4.98 Å². The molecule has 0 saturated heterocycles. The van der Waals surface area contributed by atoms with Crippen LogP contribution in [0.15, 0.2) is 24.7 Å². The highest BCUT2D eigenvalue weighted by Crippen LogP contribution is 2.32. The van der Waals surface area contributed by atoms with Crippen molar-refractivity contribution < 1.29 is 13.2 Å². The van der Waals surface area contributed by atoms with Crippen LogP contribution in [0.2, 0.25) is 0 Å². The lowest BCUT2D eigenvalue weighted by atomic mass is 10.3. The Morgan fingerprint density at radius 3 is 2.57 bits per heavy atom. The molecule has 0 amide bonds. The predicted octanol–water partition coefficient (Wildman–Crippen LogP) is 2.12. The lowest BCUT2D eigenvalue weighted by Gasteiger charge is -2.09. The molecule has 108 valence electrons. The maximum Gasteiger partial charge on any atom is 0.421 e. The molecule has 3 aromatic heterocycles. The van der Waals surface area contributed by atoms with Crippen molar-refractivity contribution in [3.63, 3.8) is 0 Å². The molecule has 21 heavy (non-hydrogen) atoms. The molecule has 0 radical (unpaired) electrons. The second kappa shape index (κ2) is 4.40. The number of nitrogen functional groups attached to an aromatic ring is 1. The SMILES string of the molecule is Cc1cnc2cnn(-c3ncc(C(F)(F)F)c(N)n3)c2c1. The Hall–Kier alpha value is -2.71. The number of hydrogen-bond donors (Lipinski definition) is 1. The van der Waals surface area contributed by atoms with Gasteiger partial charge in [-0.15, -0.1) is 0 Å². The van der Waals surface area contributed by atoms with Crippen LogP contribution in [-0.2, 0) is 6.18 Å². The number of pyridine rings is 1. The van der Waals surface area contributed by atoms with E-state index in [1.165, 1.54) is 10.9 Å². The summed E-state index contributed by atoms with van der Waals surface area (Å²) in [6.07, 6.45) is -0.802. The van der Waals surface area contributed by atoms with Crippen LogP contribution < -0.4 is 5.73 Å². The summed E-state index contributed by atoms with van der Waals surface area (Å²) in [7, 11) is 0. The quantitative estimate of drug-likeness (QED) is 0.743. The average Bonchev–Trinajstić information content (AvgIpc) is 2.79. The fraction of sp³-hybridized carbons (Fsp3) is 0.167. The van der Waals surface area contributed by atoms with Crippen molar-refractivity contribution in [3.8, 4) is 5.95 Å². The molecule has 0 atom stereocenters. The highest BCUT2D eigenvalue weighted by atomic mass is 19.4. The minimum absolute atomic E-state index is 0.0390. The first-order valence-electron chi connectivity index (χ1n) is 5.87. The molecule has 0 saturated carbocycles. The number of aryl methyl sites for hydroxylation is 1. The van der Waals surface area contributed by atoms with E-state index in [4.69, 9.17) is 5.73 Å². The van der Waals surface area contributed by atoms with Crippen LogP contribution >= 0.6 is 0 Å². The number of fused-ring (bicyclic) bond motifs is 1. The zero-order valence-electron chi connectivity index (χ0n) is 10.8. The van der Waals surface area contributed by atoms with E-state index in [1.54, 1.807) is 12.3 Å². The van der Waals surface area contributed by atoms with E-state index >= 15 is 0 Å². The third-order valence-corrected chi connectivity index (χ3v) is 2.86. The normalized spacial score (nSPS) is 12.0. The molecule has 0 spiro atoms. The number of rotatable bonds is 1. The number of nitrogens with two attached hydrogens (primary N) is 1. The van der Waals surface area contributed by atoms with Crippen LogP contribution in [0.1, 0.15) is 11.1 Å². The second-order valence-electron chi connectivity index (χ2n) is 4.44. The van der Waals surface area contributed by atoms with E-state index in [0.717, 1.165) is 5.56 Å². The standard InChI is InChI=1S/C12H9F3N6/c1-6-2-9-8(17-3-6)5-19-21(9)11-18-4-7(10(16)20-11)12(13,14)15/h2-5H,1H3,(H2,16,18,20). The summed E-state index contributed by atoms with van der Waals surface area (Å²) >= 11 is 0. The Morgan fingerprint density at radius 1 is 1.14 bits per heavy atom. The number of alkyl halides is 3. The van der Waals surface area contributed by atoms with E-state index in [-0.39, 0.29) is 5.95 Å². The Labute approximate surface area is 116 Å². The number of nitrogens with zero attached hydrogens (tertiary/aromatic N) is 5. The molecular weight excluding hydrogens is 285 g/mol. The van der Waals surface area contributed by atoms with Gasteiger partial charge in [0.15, 0.2) is 0 Å². The molecule has 0 unspecified atom stereocenters. The van der Waals surface area contributed by atoms with E-state index in [0.29, 0.717) is 17.2 Å². The van der Waals surface area contributed by atoms with Gasteiger partial charge >= 0.3 is 6.18 Å². The Morgan fingerprint density at radius 2 is 1.90 bits per heavy atom. The first-order valence-corrected chi connectivity index (χ1v) is 5.87. The molecule has 9 heteroatoms. The molecular formula is C12H9F3N6. The van der Waals surface area contributed by atoms with Crippen molar-refractivity contribution >= 4 is 16.9 Å². The van der Waals surface area contributed by atoms with Crippen molar-refractivity contribution in [2.24, 2.45) is 0 Å². The summed E-state index contributed by atoms with van der Waals surface area (Å²) in [5, 5.41) is 4.03. The van der Waals surface area contributed by atoms with Crippen molar-refractivity contribution in [3.05, 3.63) is 35.8 Å². The molecule has 3 heterocycles. The number of halogens is 3. The summed E-state index contributed by atoms with van der Waals surface area (Å²) in [5.74, 6) is -0.681. The second-order valence-corrected chi connectivity index (χ2v) is 4.44. The van der Waals surface area contributed by atoms with Crippen LogP contribution in [0, 0.1) is 6.92 Å². The van der Waals surface area contributed by atoms with E-state index in [2.05, 4.69) is 20.1 Å². The summed E-state index contributed by atoms with van der Waals surface area (Å²) in [5.41, 5.74) is 6.34. The van der Waals surface area contributed by atoms with Crippen molar-refractivity contribution in [2.75, 3.05) is 5.73 Å². The van der Waals surface area contributed by atoms with Gasteiger partial charge in [-0.25, -0.2) is 4.98 Å². The zero-order chi connectivity index (χ0) is 15.2. The molecule has 0 aliphatic heterocycles. The molecule has 3 aromatic rings. The van der Waals surface area contributed by atoms with Gasteiger partial charge in [-0.2, -0.15) is 27.9 Å². The van der Waals surface area contributed by atoms with Crippen LogP contribution in [0.25, 0.3) is 17.0 Å². The van der Waals surface area contributed by atoms with Crippen LogP contribution in [-0.4, -0.2) is 24.7 Å². The van der Waals surface area contributed by atoms with Crippen LogP contribution in [0.3, 0.4) is 0 Å². The minimum Gasteiger partial charge on any atom is -0.383 e. The Kier molecular flexibility index (Phi) is 2.78. The molecule has 6 nitrogen and oxygen atoms in total. The summed E-state index contributed by atoms with van der Waals surface area (Å²) in [6.45, 7) is 1.84. The van der Waals surface area contributed by atoms with Gasteiger partial charge in [0.1, 0.15) is 16.9 Å². The fourth-order valence-corrected chi connectivity index (χ4v) is 1.87. The van der Waals surface area contributed by atoms with Gasteiger partial charge in [0.25, 0.3) is 5.95 Å². The fourth-order valence-electron chi connectivity index (χ4n) is 1.87. The van der Waals surface area contributed by atoms with Crippen LogP contribution in [0.5, 0.6) is 0 Å². The highest BCUT2D eigenvalue weighted by molar-refractivity contribution is 5.75. The van der Waals surface area contributed by atoms with Crippen LogP contribution in [0.4, 0.5) is 19.0 Å². The van der Waals surface area contributed by atoms with E-state index in [9.17, 15) is 13.2 Å². The van der Waals surface area contributed by atoms with Crippen molar-refractivity contribution in [1.29, 1.82) is 0 Å². The molecule has 0 fully saturated rings. The van der Waals surface area contributed by atoms with Gasteiger partial charge in [-0.1, -0.05) is 0 Å². The van der Waals surface area contributed by atoms with Gasteiger partial charge in [0.2, 0.25) is 0 Å². The molecule has 0 aliphatic carbocycles. The van der Waals surface area contributed by atoms with Gasteiger partial charge in [0.05, 0.1) is 11.7 Å². The van der Waals surface area contributed by atoms with E-state index in [1.807, 2.05) is 6.92 Å². The molecule has 0 bridgehead atoms. The first-order chi connectivity index (χ1) is 9.86. The summed E-state index contributed by atoms with van der Waals surface area (Å²) < 4.78 is 39.2. The predicted molar refractivity (Wildman–Crippen MR) is 68.6 cm³/mol. The van der Waals surface area contributed by atoms with E-state index < -0.39 is 17.6 Å². The maximum atomic E-state index is 12.6. The molecule has 0 aromatic carbocycles. The third kappa shape index (κ3) is 2.26. The lowest BCUT2D eigenvalue weighted by Crippen LogP contribution is -2.14. The number of anilines is 1. The lowest BCUT2D eigenvalue weighted by molar-refractivity contribution is -0.137. The topological polar surface area (TPSA) is 82.5 Å². The average molecular weight is 294 g/mol. The maximum absolute atomic E-state index is 12.6. The van der Waals surface area contributed by atoms with Crippen molar-refractivity contribution in [1.82, 2.24) is 24.7 Å². The summed E-state index contributed by atoms with van der Waals surface area (Å²) in [6, 6.07) is 1.78. The third-order valence-electron chi connectivity index (χ3n) is 2.86. The Bertz CT molecular complexity index is 823. The monoisotopic (exact) mass is 294 g/mol. The molecule has 3 rings (SSSR count). The zero-order valence-corrected chi connectivity index (χ0v) is 10.8. The smallest absolute Gasteiger partial charge is 0.383 e. The van der Waals surface area contributed by atoms with Gasteiger partial charge < -0.3 is 5.73 Å². The minimum atomic E-state index is -4.59.